The SMILES string of the molecule is CCC1CCCC(C(=O)C2(N)CCCC2)C1. The van der Waals surface area contributed by atoms with E-state index in [1.807, 2.05) is 0 Å². The van der Waals surface area contributed by atoms with Crippen LogP contribution in [-0.2, 0) is 4.79 Å². The Kier molecular flexibility index (Phi) is 3.68. The molecule has 2 heteroatoms. The third kappa shape index (κ3) is 2.32. The van der Waals surface area contributed by atoms with Crippen molar-refractivity contribution in [3.63, 3.8) is 0 Å². The maximum atomic E-state index is 12.5. The van der Waals surface area contributed by atoms with E-state index in [0.717, 1.165) is 44.4 Å². The Balaban J connectivity index is 1.98. The molecule has 2 N–H and O–H groups in total. The predicted molar refractivity (Wildman–Crippen MR) is 66.1 cm³/mol. The van der Waals surface area contributed by atoms with Crippen LogP contribution < -0.4 is 5.73 Å². The molecule has 2 rings (SSSR count). The van der Waals surface area contributed by atoms with Crippen molar-refractivity contribution in [3.05, 3.63) is 0 Å². The highest BCUT2D eigenvalue weighted by molar-refractivity contribution is 5.90. The molecule has 2 fully saturated rings. The summed E-state index contributed by atoms with van der Waals surface area (Å²) in [6, 6.07) is 0. The van der Waals surface area contributed by atoms with Crippen LogP contribution in [0.5, 0.6) is 0 Å². The van der Waals surface area contributed by atoms with Crippen molar-refractivity contribution in [1.29, 1.82) is 0 Å². The van der Waals surface area contributed by atoms with E-state index in [-0.39, 0.29) is 5.92 Å². The Morgan fingerprint density at radius 3 is 2.56 bits per heavy atom. The fourth-order valence-corrected chi connectivity index (χ4v) is 3.56. The summed E-state index contributed by atoms with van der Waals surface area (Å²) in [7, 11) is 0. The molecule has 2 aliphatic rings. The van der Waals surface area contributed by atoms with Gasteiger partial charge in [-0.05, 0) is 31.6 Å². The van der Waals surface area contributed by atoms with Crippen molar-refractivity contribution >= 4 is 5.78 Å². The van der Waals surface area contributed by atoms with E-state index in [0.29, 0.717) is 5.78 Å². The minimum absolute atomic E-state index is 0.279. The topological polar surface area (TPSA) is 43.1 Å². The van der Waals surface area contributed by atoms with Gasteiger partial charge in [-0.1, -0.05) is 39.0 Å². The quantitative estimate of drug-likeness (QED) is 0.799. The third-order valence-corrected chi connectivity index (χ3v) is 4.72. The molecule has 0 amide bonds. The minimum Gasteiger partial charge on any atom is -0.319 e. The third-order valence-electron chi connectivity index (χ3n) is 4.72. The number of carbonyl (C=O) groups is 1. The van der Waals surface area contributed by atoms with Crippen LogP contribution in [0.3, 0.4) is 0 Å². The zero-order valence-corrected chi connectivity index (χ0v) is 10.5. The summed E-state index contributed by atoms with van der Waals surface area (Å²) >= 11 is 0. The minimum atomic E-state index is -0.444. The summed E-state index contributed by atoms with van der Waals surface area (Å²) in [5.41, 5.74) is 5.83. The number of ketones is 1. The van der Waals surface area contributed by atoms with Gasteiger partial charge in [0, 0.05) is 5.92 Å². The van der Waals surface area contributed by atoms with Gasteiger partial charge in [-0.3, -0.25) is 4.79 Å². The summed E-state index contributed by atoms with van der Waals surface area (Å²) in [6.07, 6.45) is 10.1. The van der Waals surface area contributed by atoms with Crippen LogP contribution in [0.1, 0.15) is 64.7 Å². The summed E-state index contributed by atoms with van der Waals surface area (Å²) < 4.78 is 0. The van der Waals surface area contributed by atoms with E-state index < -0.39 is 5.54 Å². The Bertz CT molecular complexity index is 255. The monoisotopic (exact) mass is 223 g/mol. The fraction of sp³-hybridized carbons (Fsp3) is 0.929. The van der Waals surface area contributed by atoms with Crippen molar-refractivity contribution in [2.75, 3.05) is 0 Å². The molecule has 0 aliphatic heterocycles. The van der Waals surface area contributed by atoms with Crippen molar-refractivity contribution in [3.8, 4) is 0 Å². The van der Waals surface area contributed by atoms with E-state index in [1.54, 1.807) is 0 Å². The highest BCUT2D eigenvalue weighted by Gasteiger charge is 2.41. The standard InChI is InChI=1S/C14H25NO/c1-2-11-6-5-7-12(10-11)13(16)14(15)8-3-4-9-14/h11-12H,2-10,15H2,1H3. The van der Waals surface area contributed by atoms with E-state index in [9.17, 15) is 4.79 Å². The lowest BCUT2D eigenvalue weighted by Crippen LogP contribution is -2.49. The second kappa shape index (κ2) is 4.87. The molecule has 0 aromatic carbocycles. The molecule has 0 spiro atoms. The Morgan fingerprint density at radius 2 is 1.94 bits per heavy atom. The summed E-state index contributed by atoms with van der Waals surface area (Å²) in [5.74, 6) is 1.44. The van der Waals surface area contributed by atoms with Gasteiger partial charge in [-0.2, -0.15) is 0 Å². The highest BCUT2D eigenvalue weighted by atomic mass is 16.1. The van der Waals surface area contributed by atoms with E-state index >= 15 is 0 Å². The molecule has 0 saturated heterocycles. The summed E-state index contributed by atoms with van der Waals surface area (Å²) in [6.45, 7) is 2.24. The molecule has 92 valence electrons. The van der Waals surface area contributed by atoms with Crippen LogP contribution >= 0.6 is 0 Å². The van der Waals surface area contributed by atoms with Crippen molar-refractivity contribution < 1.29 is 4.79 Å². The van der Waals surface area contributed by atoms with Crippen LogP contribution in [0.4, 0.5) is 0 Å². The van der Waals surface area contributed by atoms with Crippen molar-refractivity contribution in [2.45, 2.75) is 70.3 Å². The van der Waals surface area contributed by atoms with Crippen molar-refractivity contribution in [2.24, 2.45) is 17.6 Å². The molecule has 2 aliphatic carbocycles. The van der Waals surface area contributed by atoms with Crippen LogP contribution in [-0.4, -0.2) is 11.3 Å². The van der Waals surface area contributed by atoms with Gasteiger partial charge in [-0.15, -0.1) is 0 Å². The number of carbonyl (C=O) groups excluding carboxylic acids is 1. The summed E-state index contributed by atoms with van der Waals surface area (Å²) in [5, 5.41) is 0. The molecule has 2 saturated carbocycles. The van der Waals surface area contributed by atoms with Gasteiger partial charge in [0.1, 0.15) is 0 Å². The number of hydrogen-bond acceptors (Lipinski definition) is 2. The van der Waals surface area contributed by atoms with Gasteiger partial charge in [0.05, 0.1) is 5.54 Å². The molecular formula is C14H25NO. The molecule has 16 heavy (non-hydrogen) atoms. The second-order valence-corrected chi connectivity index (χ2v) is 5.87. The number of rotatable bonds is 3. The van der Waals surface area contributed by atoms with Crippen LogP contribution in [0.15, 0.2) is 0 Å². The lowest BCUT2D eigenvalue weighted by Gasteiger charge is -2.33. The van der Waals surface area contributed by atoms with Crippen LogP contribution in [0, 0.1) is 11.8 Å². The molecule has 0 bridgehead atoms. The fourth-order valence-electron chi connectivity index (χ4n) is 3.56. The number of nitrogens with two attached hydrogens (primary N) is 1. The first-order valence-electron chi connectivity index (χ1n) is 6.99. The van der Waals surface area contributed by atoms with E-state index in [4.69, 9.17) is 5.73 Å². The second-order valence-electron chi connectivity index (χ2n) is 5.87. The van der Waals surface area contributed by atoms with E-state index in [2.05, 4.69) is 6.92 Å². The maximum Gasteiger partial charge on any atom is 0.155 e. The first-order chi connectivity index (χ1) is 7.65. The van der Waals surface area contributed by atoms with Gasteiger partial charge in [0.2, 0.25) is 0 Å². The average molecular weight is 223 g/mol. The molecule has 2 nitrogen and oxygen atoms in total. The van der Waals surface area contributed by atoms with Crippen LogP contribution in [0.25, 0.3) is 0 Å². The highest BCUT2D eigenvalue weighted by Crippen LogP contribution is 2.37. The summed E-state index contributed by atoms with van der Waals surface area (Å²) in [4.78, 5) is 12.5. The molecular weight excluding hydrogens is 198 g/mol. The van der Waals surface area contributed by atoms with Crippen LogP contribution in [0.2, 0.25) is 0 Å². The van der Waals surface area contributed by atoms with Crippen molar-refractivity contribution in [1.82, 2.24) is 0 Å². The molecule has 0 aromatic heterocycles. The number of Topliss-reactive ketones (excluding diaryl/α,β-unsaturated/α-hetero) is 1. The normalized spacial score (nSPS) is 33.9. The van der Waals surface area contributed by atoms with Gasteiger partial charge in [-0.25, -0.2) is 0 Å². The Labute approximate surface area is 99.0 Å². The largest absolute Gasteiger partial charge is 0.319 e. The van der Waals surface area contributed by atoms with Gasteiger partial charge in [0.25, 0.3) is 0 Å². The number of hydrogen-bond donors (Lipinski definition) is 1. The first kappa shape index (κ1) is 12.1. The molecule has 0 radical (unpaired) electrons. The van der Waals surface area contributed by atoms with Gasteiger partial charge in [0.15, 0.2) is 5.78 Å². The van der Waals surface area contributed by atoms with Gasteiger partial charge >= 0.3 is 0 Å². The zero-order valence-electron chi connectivity index (χ0n) is 10.5. The lowest BCUT2D eigenvalue weighted by molar-refractivity contribution is -0.129. The smallest absolute Gasteiger partial charge is 0.155 e. The maximum absolute atomic E-state index is 12.5. The zero-order chi connectivity index (χ0) is 11.6. The van der Waals surface area contributed by atoms with E-state index in [1.165, 1.54) is 19.3 Å². The molecule has 2 unspecified atom stereocenters. The Morgan fingerprint density at radius 1 is 1.25 bits per heavy atom. The van der Waals surface area contributed by atoms with Gasteiger partial charge < -0.3 is 5.73 Å². The lowest BCUT2D eigenvalue weighted by atomic mass is 9.73. The molecule has 2 atom stereocenters. The molecule has 0 heterocycles. The average Bonchev–Trinajstić information content (AvgIpc) is 2.76. The first-order valence-corrected chi connectivity index (χ1v) is 6.99. The Hall–Kier alpha value is -0.370. The molecule has 0 aromatic rings. The predicted octanol–water partition coefficient (Wildman–Crippen LogP) is 3.04.